The summed E-state index contributed by atoms with van der Waals surface area (Å²) in [5.41, 5.74) is 1.17. The first-order valence-electron chi connectivity index (χ1n) is 10.4. The van der Waals surface area contributed by atoms with Crippen molar-refractivity contribution in [2.24, 2.45) is 0 Å². The van der Waals surface area contributed by atoms with Gasteiger partial charge in [-0.1, -0.05) is 18.2 Å². The molecular formula is C22H23N7O2. The summed E-state index contributed by atoms with van der Waals surface area (Å²) in [4.78, 5) is 35.9. The zero-order chi connectivity index (χ0) is 21.3. The Kier molecular flexibility index (Phi) is 4.85. The van der Waals surface area contributed by atoms with Crippen LogP contribution in [0.4, 0.5) is 10.5 Å². The molecule has 0 aliphatic carbocycles. The number of aromatic nitrogens is 4. The van der Waals surface area contributed by atoms with Crippen molar-refractivity contribution in [3.05, 3.63) is 60.7 Å². The number of pyridine rings is 1. The summed E-state index contributed by atoms with van der Waals surface area (Å²) in [5.74, 6) is 1.27. The molecular weight excluding hydrogens is 394 g/mol. The maximum absolute atomic E-state index is 12.6. The predicted octanol–water partition coefficient (Wildman–Crippen LogP) is 2.08. The molecule has 0 saturated carbocycles. The van der Waals surface area contributed by atoms with Crippen LogP contribution in [0, 0.1) is 0 Å². The highest BCUT2D eigenvalue weighted by Gasteiger charge is 2.40. The Labute approximate surface area is 179 Å². The molecule has 1 fully saturated rings. The molecule has 0 atom stereocenters. The minimum Gasteiger partial charge on any atom is -0.348 e. The van der Waals surface area contributed by atoms with Crippen LogP contribution in [-0.4, -0.2) is 55.2 Å². The molecule has 4 heterocycles. The molecule has 0 bridgehead atoms. The zero-order valence-electron chi connectivity index (χ0n) is 17.0. The number of carbonyl (C=O) groups is 2. The summed E-state index contributed by atoms with van der Waals surface area (Å²) >= 11 is 0. The Morgan fingerprint density at radius 1 is 1.10 bits per heavy atom. The molecule has 3 amide bonds. The van der Waals surface area contributed by atoms with E-state index in [9.17, 15) is 9.59 Å². The summed E-state index contributed by atoms with van der Waals surface area (Å²) in [6.45, 7) is 1.26. The van der Waals surface area contributed by atoms with E-state index in [0.717, 1.165) is 17.1 Å². The molecule has 2 aliphatic rings. The lowest BCUT2D eigenvalue weighted by Crippen LogP contribution is -2.57. The van der Waals surface area contributed by atoms with Gasteiger partial charge >= 0.3 is 6.03 Å². The Balaban J connectivity index is 1.30. The van der Waals surface area contributed by atoms with Gasteiger partial charge in [0.1, 0.15) is 12.4 Å². The van der Waals surface area contributed by atoms with Crippen LogP contribution in [0.3, 0.4) is 0 Å². The van der Waals surface area contributed by atoms with Gasteiger partial charge in [0.25, 0.3) is 0 Å². The normalized spacial score (nSPS) is 17.5. The number of fused-ring (bicyclic) bond motifs is 1. The number of nitrogens with one attached hydrogen (secondary N) is 2. The van der Waals surface area contributed by atoms with Crippen LogP contribution in [0.2, 0.25) is 0 Å². The van der Waals surface area contributed by atoms with Gasteiger partial charge in [-0.2, -0.15) is 5.10 Å². The van der Waals surface area contributed by atoms with Gasteiger partial charge in [0, 0.05) is 43.2 Å². The molecule has 1 spiro atoms. The van der Waals surface area contributed by atoms with Crippen LogP contribution < -0.4 is 10.6 Å². The molecule has 9 nitrogen and oxygen atoms in total. The van der Waals surface area contributed by atoms with Crippen molar-refractivity contribution in [1.82, 2.24) is 30.0 Å². The highest BCUT2D eigenvalue weighted by molar-refractivity contribution is 5.89. The third-order valence-corrected chi connectivity index (χ3v) is 5.90. The first-order valence-corrected chi connectivity index (χ1v) is 10.4. The van der Waals surface area contributed by atoms with E-state index in [-0.39, 0.29) is 18.5 Å². The van der Waals surface area contributed by atoms with E-state index >= 15 is 0 Å². The lowest BCUT2D eigenvalue weighted by molar-refractivity contribution is -0.123. The number of rotatable bonds is 2. The van der Waals surface area contributed by atoms with Crippen LogP contribution in [-0.2, 0) is 17.8 Å². The number of likely N-dealkylation sites (tertiary alicyclic amines) is 1. The third-order valence-electron chi connectivity index (χ3n) is 5.90. The van der Waals surface area contributed by atoms with Crippen molar-refractivity contribution in [3.63, 3.8) is 0 Å². The van der Waals surface area contributed by atoms with Crippen LogP contribution in [0.5, 0.6) is 0 Å². The standard InChI is InChI=1S/C22H23N7O2/c30-19-15-29-18(25-20(27-29)16-5-4-10-23-14-16)13-22(26-19)8-11-28(12-9-22)21(31)24-17-6-2-1-3-7-17/h1-7,10,14H,8-9,11-13,15H2,(H,24,31)(H,26,30). The van der Waals surface area contributed by atoms with Gasteiger partial charge in [-0.15, -0.1) is 0 Å². The second-order valence-corrected chi connectivity index (χ2v) is 8.04. The number of hydrogen-bond acceptors (Lipinski definition) is 5. The van der Waals surface area contributed by atoms with E-state index in [0.29, 0.717) is 38.2 Å². The van der Waals surface area contributed by atoms with Gasteiger partial charge in [-0.25, -0.2) is 14.5 Å². The number of benzene rings is 1. The summed E-state index contributed by atoms with van der Waals surface area (Å²) in [6, 6.07) is 13.0. The molecule has 0 unspecified atom stereocenters. The van der Waals surface area contributed by atoms with E-state index in [1.807, 2.05) is 42.5 Å². The second kappa shape index (κ2) is 7.82. The molecule has 0 radical (unpaired) electrons. The lowest BCUT2D eigenvalue weighted by Gasteiger charge is -2.41. The summed E-state index contributed by atoms with van der Waals surface area (Å²) in [6.07, 6.45) is 5.33. The topological polar surface area (TPSA) is 105 Å². The third kappa shape index (κ3) is 3.98. The minimum atomic E-state index is -0.423. The first-order chi connectivity index (χ1) is 15.1. The Morgan fingerprint density at radius 2 is 1.90 bits per heavy atom. The van der Waals surface area contributed by atoms with Crippen LogP contribution in [0.15, 0.2) is 54.9 Å². The zero-order valence-corrected chi connectivity index (χ0v) is 17.0. The van der Waals surface area contributed by atoms with Gasteiger partial charge in [0.05, 0.1) is 5.54 Å². The van der Waals surface area contributed by atoms with E-state index in [2.05, 4.69) is 20.7 Å². The molecule has 158 valence electrons. The van der Waals surface area contributed by atoms with Crippen molar-refractivity contribution in [3.8, 4) is 11.4 Å². The number of carbonyl (C=O) groups excluding carboxylic acids is 2. The van der Waals surface area contributed by atoms with Gasteiger partial charge in [-0.05, 0) is 37.1 Å². The van der Waals surface area contributed by atoms with E-state index < -0.39 is 5.54 Å². The SMILES string of the molecule is O=C1Cn2nc(-c3cccnc3)nc2CC2(CCN(C(=O)Nc3ccccc3)CC2)N1. The van der Waals surface area contributed by atoms with Crippen molar-refractivity contribution < 1.29 is 9.59 Å². The molecule has 2 N–H and O–H groups in total. The van der Waals surface area contributed by atoms with Crippen LogP contribution in [0.1, 0.15) is 18.7 Å². The van der Waals surface area contributed by atoms with Crippen LogP contribution >= 0.6 is 0 Å². The quantitative estimate of drug-likeness (QED) is 0.664. The number of hydrogen-bond donors (Lipinski definition) is 2. The molecule has 2 aliphatic heterocycles. The van der Waals surface area contributed by atoms with Crippen LogP contribution in [0.25, 0.3) is 11.4 Å². The fourth-order valence-corrected chi connectivity index (χ4v) is 4.23. The first kappa shape index (κ1) is 19.2. The maximum Gasteiger partial charge on any atom is 0.321 e. The largest absolute Gasteiger partial charge is 0.348 e. The maximum atomic E-state index is 12.6. The average molecular weight is 417 g/mol. The number of anilines is 1. The highest BCUT2D eigenvalue weighted by atomic mass is 16.2. The second-order valence-electron chi connectivity index (χ2n) is 8.04. The summed E-state index contributed by atoms with van der Waals surface area (Å²) in [5, 5.41) is 10.6. The number of nitrogens with zero attached hydrogens (tertiary/aromatic N) is 5. The fraction of sp³-hybridized carbons (Fsp3) is 0.318. The van der Waals surface area contributed by atoms with E-state index in [1.165, 1.54) is 0 Å². The summed E-state index contributed by atoms with van der Waals surface area (Å²) < 4.78 is 1.68. The van der Waals surface area contributed by atoms with E-state index in [1.54, 1.807) is 22.0 Å². The highest BCUT2D eigenvalue weighted by Crippen LogP contribution is 2.29. The molecule has 1 saturated heterocycles. The Bertz CT molecular complexity index is 1090. The van der Waals surface area contributed by atoms with Gasteiger partial charge in [0.2, 0.25) is 5.91 Å². The number of urea groups is 1. The Hall–Kier alpha value is -3.75. The number of para-hydroxylation sites is 1. The van der Waals surface area contributed by atoms with E-state index in [4.69, 9.17) is 4.98 Å². The lowest BCUT2D eigenvalue weighted by atomic mass is 9.84. The van der Waals surface area contributed by atoms with Gasteiger partial charge in [-0.3, -0.25) is 9.78 Å². The van der Waals surface area contributed by atoms with Gasteiger partial charge in [0.15, 0.2) is 5.82 Å². The van der Waals surface area contributed by atoms with Gasteiger partial charge < -0.3 is 15.5 Å². The minimum absolute atomic E-state index is 0.0800. The van der Waals surface area contributed by atoms with Crippen molar-refractivity contribution in [1.29, 1.82) is 0 Å². The molecule has 2 aromatic heterocycles. The number of piperidine rings is 1. The van der Waals surface area contributed by atoms with Crippen molar-refractivity contribution in [2.75, 3.05) is 18.4 Å². The molecule has 5 rings (SSSR count). The predicted molar refractivity (Wildman–Crippen MR) is 114 cm³/mol. The number of amides is 3. The average Bonchev–Trinajstić information content (AvgIpc) is 3.11. The monoisotopic (exact) mass is 417 g/mol. The Morgan fingerprint density at radius 3 is 2.65 bits per heavy atom. The fourth-order valence-electron chi connectivity index (χ4n) is 4.23. The molecule has 31 heavy (non-hydrogen) atoms. The molecule has 1 aromatic carbocycles. The molecule has 9 heteroatoms. The molecule has 3 aromatic rings. The smallest absolute Gasteiger partial charge is 0.321 e. The van der Waals surface area contributed by atoms with Crippen molar-refractivity contribution >= 4 is 17.6 Å². The van der Waals surface area contributed by atoms with Crippen molar-refractivity contribution in [2.45, 2.75) is 31.3 Å². The summed E-state index contributed by atoms with van der Waals surface area (Å²) in [7, 11) is 0.